The molecule has 0 saturated carbocycles. The maximum atomic E-state index is 13.5. The number of amides is 1. The standard InChI is InChI=1S/C29H29F3N4O/c1-21-10-11-36-26(19-33-27(36)16-21)25(23-8-5-9-24(17-23)29(30,31)32)18-28(37)35-14-12-34(13-15-35)20-22-6-3-2-4-7-22/h2-11,16-17,19,25H,12-15,18,20H2,1H3. The highest BCUT2D eigenvalue weighted by Gasteiger charge is 2.32. The van der Waals surface area contributed by atoms with Crippen LogP contribution in [-0.2, 0) is 17.5 Å². The molecule has 37 heavy (non-hydrogen) atoms. The quantitative estimate of drug-likeness (QED) is 0.345. The maximum Gasteiger partial charge on any atom is 0.416 e. The van der Waals surface area contributed by atoms with Gasteiger partial charge in [-0.25, -0.2) is 4.98 Å². The molecule has 0 bridgehead atoms. The molecule has 0 spiro atoms. The van der Waals surface area contributed by atoms with E-state index in [4.69, 9.17) is 0 Å². The Hall–Kier alpha value is -3.65. The normalized spacial score (nSPS) is 15.7. The Morgan fingerprint density at radius 1 is 0.973 bits per heavy atom. The van der Waals surface area contributed by atoms with Crippen molar-refractivity contribution in [1.82, 2.24) is 19.2 Å². The number of nitrogens with zero attached hydrogens (tertiary/aromatic N) is 4. The molecule has 1 aliphatic rings. The van der Waals surface area contributed by atoms with Crippen LogP contribution in [0.4, 0.5) is 13.2 Å². The fourth-order valence-corrected chi connectivity index (χ4v) is 4.99. The largest absolute Gasteiger partial charge is 0.416 e. The third-order valence-corrected chi connectivity index (χ3v) is 7.02. The molecule has 4 aromatic rings. The van der Waals surface area contributed by atoms with Crippen molar-refractivity contribution in [1.29, 1.82) is 0 Å². The minimum atomic E-state index is -4.46. The predicted molar refractivity (Wildman–Crippen MR) is 136 cm³/mol. The van der Waals surface area contributed by atoms with Crippen LogP contribution in [0.1, 0.15) is 40.3 Å². The smallest absolute Gasteiger partial charge is 0.340 e. The molecule has 1 fully saturated rings. The van der Waals surface area contributed by atoms with Gasteiger partial charge in [0, 0.05) is 57.5 Å². The molecule has 0 N–H and O–H groups in total. The summed E-state index contributed by atoms with van der Waals surface area (Å²) in [6.07, 6.45) is -0.858. The number of pyridine rings is 1. The highest BCUT2D eigenvalue weighted by atomic mass is 19.4. The number of benzene rings is 2. The van der Waals surface area contributed by atoms with Crippen LogP contribution in [0.2, 0.25) is 0 Å². The van der Waals surface area contributed by atoms with Gasteiger partial charge in [0.05, 0.1) is 11.3 Å². The number of imidazole rings is 1. The first-order valence-corrected chi connectivity index (χ1v) is 12.4. The van der Waals surface area contributed by atoms with E-state index >= 15 is 0 Å². The van der Waals surface area contributed by atoms with Crippen LogP contribution in [0, 0.1) is 6.92 Å². The van der Waals surface area contributed by atoms with Crippen LogP contribution in [0.25, 0.3) is 5.65 Å². The highest BCUT2D eigenvalue weighted by Crippen LogP contribution is 2.35. The fraction of sp³-hybridized carbons (Fsp3) is 0.310. The number of hydrogen-bond donors (Lipinski definition) is 0. The van der Waals surface area contributed by atoms with Gasteiger partial charge in [0.15, 0.2) is 0 Å². The van der Waals surface area contributed by atoms with Crippen molar-refractivity contribution >= 4 is 11.6 Å². The molecular formula is C29H29F3N4O. The second-order valence-corrected chi connectivity index (χ2v) is 9.64. The number of piperazine rings is 1. The molecule has 1 aliphatic heterocycles. The summed E-state index contributed by atoms with van der Waals surface area (Å²) in [7, 11) is 0. The van der Waals surface area contributed by atoms with Gasteiger partial charge in [-0.1, -0.05) is 48.5 Å². The average Bonchev–Trinajstić information content (AvgIpc) is 3.30. The van der Waals surface area contributed by atoms with E-state index in [-0.39, 0.29) is 12.3 Å². The molecular weight excluding hydrogens is 477 g/mol. The van der Waals surface area contributed by atoms with Crippen molar-refractivity contribution < 1.29 is 18.0 Å². The number of fused-ring (bicyclic) bond motifs is 1. The zero-order chi connectivity index (χ0) is 26.0. The molecule has 5 nitrogen and oxygen atoms in total. The van der Waals surface area contributed by atoms with Gasteiger partial charge in [-0.15, -0.1) is 0 Å². The van der Waals surface area contributed by atoms with Crippen LogP contribution in [0.3, 0.4) is 0 Å². The SMILES string of the molecule is Cc1ccn2c(C(CC(=O)N3CCN(Cc4ccccc4)CC3)c3cccc(C(F)(F)F)c3)cnc2c1. The summed E-state index contributed by atoms with van der Waals surface area (Å²) in [6, 6.07) is 19.3. The summed E-state index contributed by atoms with van der Waals surface area (Å²) in [5.41, 5.74) is 3.40. The molecule has 2 aromatic carbocycles. The Morgan fingerprint density at radius 3 is 2.46 bits per heavy atom. The van der Waals surface area contributed by atoms with Gasteiger partial charge in [0.25, 0.3) is 0 Å². The van der Waals surface area contributed by atoms with Crippen LogP contribution in [0.15, 0.2) is 79.1 Å². The van der Waals surface area contributed by atoms with E-state index in [1.54, 1.807) is 12.3 Å². The monoisotopic (exact) mass is 506 g/mol. The van der Waals surface area contributed by atoms with Crippen molar-refractivity contribution in [3.8, 4) is 0 Å². The number of hydrogen-bond acceptors (Lipinski definition) is 3. The minimum absolute atomic E-state index is 0.0659. The first-order chi connectivity index (χ1) is 17.8. The number of carbonyl (C=O) groups is 1. The van der Waals surface area contributed by atoms with E-state index in [9.17, 15) is 18.0 Å². The lowest BCUT2D eigenvalue weighted by molar-refractivity contribution is -0.137. The lowest BCUT2D eigenvalue weighted by atomic mass is 9.90. The third kappa shape index (κ3) is 5.69. The summed E-state index contributed by atoms with van der Waals surface area (Å²) >= 11 is 0. The molecule has 0 aliphatic carbocycles. The lowest BCUT2D eigenvalue weighted by Crippen LogP contribution is -2.48. The second-order valence-electron chi connectivity index (χ2n) is 9.64. The van der Waals surface area contributed by atoms with E-state index in [0.29, 0.717) is 30.0 Å². The zero-order valence-corrected chi connectivity index (χ0v) is 20.7. The lowest BCUT2D eigenvalue weighted by Gasteiger charge is -2.35. The maximum absolute atomic E-state index is 13.5. The predicted octanol–water partition coefficient (Wildman–Crippen LogP) is 5.53. The molecule has 1 unspecified atom stereocenters. The van der Waals surface area contributed by atoms with E-state index in [2.05, 4.69) is 22.0 Å². The van der Waals surface area contributed by atoms with Gasteiger partial charge in [-0.3, -0.25) is 9.69 Å². The molecule has 1 saturated heterocycles. The van der Waals surface area contributed by atoms with Crippen molar-refractivity contribution in [2.45, 2.75) is 32.0 Å². The topological polar surface area (TPSA) is 40.9 Å². The molecule has 8 heteroatoms. The minimum Gasteiger partial charge on any atom is -0.340 e. The van der Waals surface area contributed by atoms with Crippen LogP contribution >= 0.6 is 0 Å². The Kier molecular flexibility index (Phi) is 7.02. The summed E-state index contributed by atoms with van der Waals surface area (Å²) in [5, 5.41) is 0. The summed E-state index contributed by atoms with van der Waals surface area (Å²) in [6.45, 7) is 5.48. The molecule has 0 radical (unpaired) electrons. The molecule has 1 amide bonds. The number of rotatable bonds is 6. The summed E-state index contributed by atoms with van der Waals surface area (Å²) in [4.78, 5) is 22.1. The summed E-state index contributed by atoms with van der Waals surface area (Å²) < 4.78 is 42.4. The van der Waals surface area contributed by atoms with E-state index < -0.39 is 17.7 Å². The first-order valence-electron chi connectivity index (χ1n) is 12.4. The van der Waals surface area contributed by atoms with Crippen LogP contribution < -0.4 is 0 Å². The van der Waals surface area contributed by atoms with Crippen molar-refractivity contribution in [2.24, 2.45) is 0 Å². The Morgan fingerprint density at radius 2 is 1.73 bits per heavy atom. The fourth-order valence-electron chi connectivity index (χ4n) is 4.99. The molecule has 3 heterocycles. The van der Waals surface area contributed by atoms with Crippen molar-refractivity contribution in [2.75, 3.05) is 26.2 Å². The second kappa shape index (κ2) is 10.4. The van der Waals surface area contributed by atoms with Crippen molar-refractivity contribution in [3.05, 3.63) is 107 Å². The first kappa shape index (κ1) is 25.0. The van der Waals surface area contributed by atoms with E-state index in [1.165, 1.54) is 11.6 Å². The molecule has 192 valence electrons. The average molecular weight is 507 g/mol. The summed E-state index contributed by atoms with van der Waals surface area (Å²) in [5.74, 6) is -0.626. The number of aryl methyl sites for hydroxylation is 1. The third-order valence-electron chi connectivity index (χ3n) is 7.02. The van der Waals surface area contributed by atoms with Crippen LogP contribution in [-0.4, -0.2) is 51.3 Å². The van der Waals surface area contributed by atoms with Gasteiger partial charge in [-0.05, 0) is 41.8 Å². The van der Waals surface area contributed by atoms with Gasteiger partial charge >= 0.3 is 6.18 Å². The molecule has 2 aromatic heterocycles. The Bertz CT molecular complexity index is 1370. The van der Waals surface area contributed by atoms with Crippen LogP contribution in [0.5, 0.6) is 0 Å². The van der Waals surface area contributed by atoms with Gasteiger partial charge < -0.3 is 9.30 Å². The number of alkyl halides is 3. The zero-order valence-electron chi connectivity index (χ0n) is 20.7. The highest BCUT2D eigenvalue weighted by molar-refractivity contribution is 5.78. The van der Waals surface area contributed by atoms with E-state index in [1.807, 2.05) is 52.8 Å². The van der Waals surface area contributed by atoms with Gasteiger partial charge in [0.2, 0.25) is 5.91 Å². The van der Waals surface area contributed by atoms with Crippen molar-refractivity contribution in [3.63, 3.8) is 0 Å². The van der Waals surface area contributed by atoms with Gasteiger partial charge in [-0.2, -0.15) is 13.2 Å². The number of carbonyl (C=O) groups excluding carboxylic acids is 1. The Labute approximate surface area is 214 Å². The number of aromatic nitrogens is 2. The molecule has 5 rings (SSSR count). The van der Waals surface area contributed by atoms with E-state index in [0.717, 1.165) is 37.3 Å². The Balaban J connectivity index is 1.37. The number of halogens is 3. The van der Waals surface area contributed by atoms with Gasteiger partial charge in [0.1, 0.15) is 5.65 Å². The molecule has 1 atom stereocenters.